The summed E-state index contributed by atoms with van der Waals surface area (Å²) in [6.07, 6.45) is 3.77. The van der Waals surface area contributed by atoms with Gasteiger partial charge in [-0.05, 0) is 26.7 Å². The van der Waals surface area contributed by atoms with E-state index in [0.717, 1.165) is 12.8 Å². The Balaban J connectivity index is 2.72. The first kappa shape index (κ1) is 14.5. The molecule has 1 rings (SSSR count). The predicted octanol–water partition coefficient (Wildman–Crippen LogP) is 3.35. The molecular formula is C14H24O2Si. The molecule has 0 aromatic rings. The molecule has 0 unspecified atom stereocenters. The Hall–Kier alpha value is -0.563. The second-order valence-corrected chi connectivity index (χ2v) is 10.7. The molecule has 0 N–H and O–H groups in total. The average Bonchev–Trinajstić information content (AvgIpc) is 2.46. The van der Waals surface area contributed by atoms with Crippen LogP contribution in [0.2, 0.25) is 19.6 Å². The maximum Gasteiger partial charge on any atom is 0.165 e. The molecule has 1 aliphatic heterocycles. The van der Waals surface area contributed by atoms with Gasteiger partial charge in [0.2, 0.25) is 0 Å². The van der Waals surface area contributed by atoms with Crippen LogP contribution in [0, 0.1) is 11.5 Å². The molecular weight excluding hydrogens is 228 g/mol. The second kappa shape index (κ2) is 5.39. The fraction of sp³-hybridized carbons (Fsp3) is 0.714. The van der Waals surface area contributed by atoms with E-state index in [1.807, 2.05) is 19.9 Å². The maximum atomic E-state index is 5.87. The van der Waals surface area contributed by atoms with Crippen molar-refractivity contribution in [2.75, 3.05) is 0 Å². The zero-order valence-electron chi connectivity index (χ0n) is 11.7. The minimum atomic E-state index is -1.35. The van der Waals surface area contributed by atoms with Gasteiger partial charge in [0.15, 0.2) is 5.79 Å². The third kappa shape index (κ3) is 5.07. The van der Waals surface area contributed by atoms with E-state index in [1.54, 1.807) is 0 Å². The predicted molar refractivity (Wildman–Crippen MR) is 74.4 cm³/mol. The Morgan fingerprint density at radius 2 is 1.94 bits per heavy atom. The summed E-state index contributed by atoms with van der Waals surface area (Å²) in [5, 5.41) is 0. The molecule has 17 heavy (non-hydrogen) atoms. The molecule has 1 heterocycles. The molecule has 3 heteroatoms. The molecule has 1 aliphatic rings. The number of rotatable bonds is 3. The summed E-state index contributed by atoms with van der Waals surface area (Å²) in [5.41, 5.74) is 3.37. The zero-order chi connectivity index (χ0) is 13.1. The third-order valence-electron chi connectivity index (χ3n) is 2.43. The smallest absolute Gasteiger partial charge is 0.165 e. The standard InChI is InChI=1S/C14H24O2Si/c1-7-8-9-12-13(10-11-17(4,5)6)16-14(2,3)15-12/h7,12-13H,1,8-9H2,2-6H3/t12-,13-/m0/s1. The van der Waals surface area contributed by atoms with Gasteiger partial charge in [0, 0.05) is 0 Å². The monoisotopic (exact) mass is 252 g/mol. The van der Waals surface area contributed by atoms with E-state index in [9.17, 15) is 0 Å². The summed E-state index contributed by atoms with van der Waals surface area (Å²) in [7, 11) is -1.35. The van der Waals surface area contributed by atoms with E-state index in [-0.39, 0.29) is 12.2 Å². The lowest BCUT2D eigenvalue weighted by Gasteiger charge is -2.16. The van der Waals surface area contributed by atoms with Crippen LogP contribution in [0.25, 0.3) is 0 Å². The van der Waals surface area contributed by atoms with E-state index in [1.165, 1.54) is 0 Å². The van der Waals surface area contributed by atoms with Crippen LogP contribution >= 0.6 is 0 Å². The van der Waals surface area contributed by atoms with Gasteiger partial charge >= 0.3 is 0 Å². The van der Waals surface area contributed by atoms with Crippen molar-refractivity contribution in [2.24, 2.45) is 0 Å². The average molecular weight is 252 g/mol. The molecule has 0 aliphatic carbocycles. The Morgan fingerprint density at radius 3 is 2.47 bits per heavy atom. The largest absolute Gasteiger partial charge is 0.343 e. The Bertz CT molecular complexity index is 330. The van der Waals surface area contributed by atoms with E-state index < -0.39 is 13.9 Å². The highest BCUT2D eigenvalue weighted by molar-refractivity contribution is 6.83. The van der Waals surface area contributed by atoms with Crippen LogP contribution in [0.15, 0.2) is 12.7 Å². The molecule has 0 aromatic carbocycles. The summed E-state index contributed by atoms with van der Waals surface area (Å²) in [4.78, 5) is 0. The van der Waals surface area contributed by atoms with Gasteiger partial charge in [-0.3, -0.25) is 0 Å². The summed E-state index contributed by atoms with van der Waals surface area (Å²) >= 11 is 0. The van der Waals surface area contributed by atoms with Gasteiger partial charge < -0.3 is 9.47 Å². The highest BCUT2D eigenvalue weighted by atomic mass is 28.3. The fourth-order valence-electron chi connectivity index (χ4n) is 1.74. The lowest BCUT2D eigenvalue weighted by molar-refractivity contribution is -0.142. The van der Waals surface area contributed by atoms with Crippen LogP contribution in [0.4, 0.5) is 0 Å². The molecule has 0 bridgehead atoms. The molecule has 1 fully saturated rings. The lowest BCUT2D eigenvalue weighted by Crippen LogP contribution is -2.23. The van der Waals surface area contributed by atoms with Crippen molar-refractivity contribution in [2.45, 2.75) is 64.3 Å². The lowest BCUT2D eigenvalue weighted by atomic mass is 10.1. The molecule has 0 amide bonds. The zero-order valence-corrected chi connectivity index (χ0v) is 12.7. The normalized spacial score (nSPS) is 27.4. The molecule has 0 aromatic heterocycles. The van der Waals surface area contributed by atoms with Crippen LogP contribution in [-0.2, 0) is 9.47 Å². The molecule has 96 valence electrons. The summed E-state index contributed by atoms with van der Waals surface area (Å²) in [5.74, 6) is 2.76. The number of ether oxygens (including phenoxy) is 2. The van der Waals surface area contributed by atoms with Gasteiger partial charge in [-0.15, -0.1) is 12.1 Å². The van der Waals surface area contributed by atoms with Crippen molar-refractivity contribution >= 4 is 8.07 Å². The van der Waals surface area contributed by atoms with Crippen molar-refractivity contribution in [1.29, 1.82) is 0 Å². The molecule has 2 nitrogen and oxygen atoms in total. The molecule has 2 atom stereocenters. The van der Waals surface area contributed by atoms with Gasteiger partial charge in [-0.1, -0.05) is 31.6 Å². The van der Waals surface area contributed by atoms with Gasteiger partial charge in [0.1, 0.15) is 14.2 Å². The summed E-state index contributed by atoms with van der Waals surface area (Å²) < 4.78 is 11.7. The van der Waals surface area contributed by atoms with E-state index in [2.05, 4.69) is 37.7 Å². The summed E-state index contributed by atoms with van der Waals surface area (Å²) in [6.45, 7) is 14.3. The van der Waals surface area contributed by atoms with E-state index in [0.29, 0.717) is 0 Å². The van der Waals surface area contributed by atoms with E-state index >= 15 is 0 Å². The molecule has 0 saturated carbocycles. The van der Waals surface area contributed by atoms with Crippen LogP contribution in [0.5, 0.6) is 0 Å². The second-order valence-electron chi connectivity index (χ2n) is 5.98. The number of hydrogen-bond acceptors (Lipinski definition) is 2. The molecule has 0 spiro atoms. The van der Waals surface area contributed by atoms with Crippen molar-refractivity contribution in [3.05, 3.63) is 12.7 Å². The van der Waals surface area contributed by atoms with Crippen LogP contribution in [-0.4, -0.2) is 26.1 Å². The van der Waals surface area contributed by atoms with Crippen LogP contribution in [0.3, 0.4) is 0 Å². The van der Waals surface area contributed by atoms with Crippen LogP contribution < -0.4 is 0 Å². The SMILES string of the molecule is C=CCC[C@@H]1OC(C)(C)O[C@H]1C#C[Si](C)(C)C. The van der Waals surface area contributed by atoms with Crippen molar-refractivity contribution in [1.82, 2.24) is 0 Å². The number of allylic oxidation sites excluding steroid dienone is 1. The first-order valence-corrected chi connectivity index (χ1v) is 9.73. The van der Waals surface area contributed by atoms with Gasteiger partial charge in [-0.2, -0.15) is 0 Å². The van der Waals surface area contributed by atoms with Gasteiger partial charge in [0.05, 0.1) is 6.10 Å². The van der Waals surface area contributed by atoms with Crippen molar-refractivity contribution < 1.29 is 9.47 Å². The maximum absolute atomic E-state index is 5.87. The van der Waals surface area contributed by atoms with Crippen molar-refractivity contribution in [3.63, 3.8) is 0 Å². The quantitative estimate of drug-likeness (QED) is 0.436. The Morgan fingerprint density at radius 1 is 1.29 bits per heavy atom. The molecule has 1 saturated heterocycles. The third-order valence-corrected chi connectivity index (χ3v) is 3.32. The van der Waals surface area contributed by atoms with Crippen LogP contribution in [0.1, 0.15) is 26.7 Å². The summed E-state index contributed by atoms with van der Waals surface area (Å²) in [6, 6.07) is 0. The first-order chi connectivity index (χ1) is 7.73. The fourth-order valence-corrected chi connectivity index (χ4v) is 2.31. The minimum absolute atomic E-state index is 0.0758. The topological polar surface area (TPSA) is 18.5 Å². The van der Waals surface area contributed by atoms with Gasteiger partial charge in [0.25, 0.3) is 0 Å². The number of hydrogen-bond donors (Lipinski definition) is 0. The van der Waals surface area contributed by atoms with Crippen molar-refractivity contribution in [3.8, 4) is 11.5 Å². The first-order valence-electron chi connectivity index (χ1n) is 6.23. The Labute approximate surface area is 106 Å². The highest BCUT2D eigenvalue weighted by Crippen LogP contribution is 2.30. The van der Waals surface area contributed by atoms with E-state index in [4.69, 9.17) is 9.47 Å². The molecule has 0 radical (unpaired) electrons. The Kier molecular flexibility index (Phi) is 4.59. The van der Waals surface area contributed by atoms with Gasteiger partial charge in [-0.25, -0.2) is 0 Å². The minimum Gasteiger partial charge on any atom is -0.343 e. The highest BCUT2D eigenvalue weighted by Gasteiger charge is 2.39.